The smallest absolute Gasteiger partial charge is 0.138 e. The van der Waals surface area contributed by atoms with Gasteiger partial charge in [-0.25, -0.2) is 9.67 Å². The third-order valence-corrected chi connectivity index (χ3v) is 2.58. The largest absolute Gasteiger partial charge is 0.393 e. The first-order valence-electron chi connectivity index (χ1n) is 6.07. The van der Waals surface area contributed by atoms with Crippen LogP contribution in [0.3, 0.4) is 0 Å². The quantitative estimate of drug-likeness (QED) is 0.807. The number of nitrogens with zero attached hydrogens (tertiary/aromatic N) is 3. The van der Waals surface area contributed by atoms with E-state index in [1.54, 1.807) is 6.33 Å². The van der Waals surface area contributed by atoms with Crippen LogP contribution in [0.15, 0.2) is 6.33 Å². The second-order valence-electron chi connectivity index (χ2n) is 5.04. The molecular weight excluding hydrogens is 202 g/mol. The van der Waals surface area contributed by atoms with E-state index in [0.717, 1.165) is 25.1 Å². The van der Waals surface area contributed by atoms with Crippen LogP contribution in [0, 0.1) is 5.92 Å². The van der Waals surface area contributed by atoms with Crippen LogP contribution >= 0.6 is 0 Å². The summed E-state index contributed by atoms with van der Waals surface area (Å²) in [6.45, 7) is 8.42. The van der Waals surface area contributed by atoms with Gasteiger partial charge in [0.1, 0.15) is 12.2 Å². The zero-order chi connectivity index (χ0) is 12.1. The van der Waals surface area contributed by atoms with Gasteiger partial charge in [-0.2, -0.15) is 5.10 Å². The zero-order valence-corrected chi connectivity index (χ0v) is 10.7. The van der Waals surface area contributed by atoms with Gasteiger partial charge in [-0.1, -0.05) is 13.8 Å². The molecule has 0 aromatic carbocycles. The molecule has 1 N–H and O–H groups in total. The molecule has 16 heavy (non-hydrogen) atoms. The maximum absolute atomic E-state index is 9.79. The summed E-state index contributed by atoms with van der Waals surface area (Å²) >= 11 is 0. The predicted octanol–water partition coefficient (Wildman–Crippen LogP) is 2.20. The molecule has 1 heterocycles. The average molecular weight is 225 g/mol. The fourth-order valence-corrected chi connectivity index (χ4v) is 1.84. The molecule has 0 spiro atoms. The Hall–Kier alpha value is -0.900. The Morgan fingerprint density at radius 3 is 2.56 bits per heavy atom. The second kappa shape index (κ2) is 5.99. The van der Waals surface area contributed by atoms with Crippen molar-refractivity contribution in [3.8, 4) is 0 Å². The van der Waals surface area contributed by atoms with Gasteiger partial charge in [0.05, 0.1) is 6.10 Å². The summed E-state index contributed by atoms with van der Waals surface area (Å²) in [5.41, 5.74) is 0. The third-order valence-electron chi connectivity index (χ3n) is 2.58. The van der Waals surface area contributed by atoms with Crippen molar-refractivity contribution >= 4 is 0 Å². The molecule has 4 nitrogen and oxygen atoms in total. The molecule has 0 saturated heterocycles. The van der Waals surface area contributed by atoms with Gasteiger partial charge >= 0.3 is 0 Å². The van der Waals surface area contributed by atoms with E-state index in [9.17, 15) is 5.11 Å². The maximum atomic E-state index is 9.79. The van der Waals surface area contributed by atoms with Crippen LogP contribution < -0.4 is 0 Å². The molecule has 92 valence electrons. The lowest BCUT2D eigenvalue weighted by molar-refractivity contribution is 0.138. The Morgan fingerprint density at radius 1 is 1.31 bits per heavy atom. The highest BCUT2D eigenvalue weighted by molar-refractivity contribution is 4.87. The predicted molar refractivity (Wildman–Crippen MR) is 64.2 cm³/mol. The van der Waals surface area contributed by atoms with Gasteiger partial charge in [-0.3, -0.25) is 0 Å². The third kappa shape index (κ3) is 3.93. The highest BCUT2D eigenvalue weighted by Crippen LogP contribution is 2.12. The van der Waals surface area contributed by atoms with Crippen LogP contribution in [-0.2, 0) is 6.42 Å². The Morgan fingerprint density at radius 2 is 2.00 bits per heavy atom. The first-order valence-corrected chi connectivity index (χ1v) is 6.07. The standard InChI is InChI=1S/C12H23N3O/c1-9(2)7-11(16)5-6-12-13-8-14-15(12)10(3)4/h8-11,16H,5-7H2,1-4H3. The fourth-order valence-electron chi connectivity index (χ4n) is 1.84. The molecule has 4 heteroatoms. The van der Waals surface area contributed by atoms with E-state index >= 15 is 0 Å². The molecule has 0 saturated carbocycles. The van der Waals surface area contributed by atoms with Crippen LogP contribution in [0.2, 0.25) is 0 Å². The van der Waals surface area contributed by atoms with Gasteiger partial charge < -0.3 is 5.11 Å². The molecule has 1 rings (SSSR count). The van der Waals surface area contributed by atoms with Crippen LogP contribution in [-0.4, -0.2) is 26.0 Å². The van der Waals surface area contributed by atoms with Crippen LogP contribution in [0.25, 0.3) is 0 Å². The summed E-state index contributed by atoms with van der Waals surface area (Å²) in [5.74, 6) is 1.51. The van der Waals surface area contributed by atoms with Gasteiger partial charge in [0.25, 0.3) is 0 Å². The molecule has 0 aliphatic heterocycles. The Kier molecular flexibility index (Phi) is 4.93. The van der Waals surface area contributed by atoms with Gasteiger partial charge in [-0.05, 0) is 32.6 Å². The highest BCUT2D eigenvalue weighted by atomic mass is 16.3. The Balaban J connectivity index is 2.45. The van der Waals surface area contributed by atoms with E-state index in [-0.39, 0.29) is 6.10 Å². The Bertz CT molecular complexity index is 307. The fraction of sp³-hybridized carbons (Fsp3) is 0.833. The monoisotopic (exact) mass is 225 g/mol. The summed E-state index contributed by atoms with van der Waals surface area (Å²) in [4.78, 5) is 4.23. The minimum atomic E-state index is -0.225. The van der Waals surface area contributed by atoms with Crippen molar-refractivity contribution in [2.75, 3.05) is 0 Å². The molecule has 1 unspecified atom stereocenters. The van der Waals surface area contributed by atoms with Crippen molar-refractivity contribution < 1.29 is 5.11 Å². The van der Waals surface area contributed by atoms with Crippen molar-refractivity contribution in [3.05, 3.63) is 12.2 Å². The van der Waals surface area contributed by atoms with E-state index in [1.165, 1.54) is 0 Å². The number of aryl methyl sites for hydroxylation is 1. The summed E-state index contributed by atoms with van der Waals surface area (Å²) < 4.78 is 1.92. The number of hydrogen-bond donors (Lipinski definition) is 1. The van der Waals surface area contributed by atoms with E-state index in [4.69, 9.17) is 0 Å². The van der Waals surface area contributed by atoms with Crippen molar-refractivity contribution in [3.63, 3.8) is 0 Å². The number of rotatable bonds is 6. The van der Waals surface area contributed by atoms with Crippen LogP contribution in [0.4, 0.5) is 0 Å². The van der Waals surface area contributed by atoms with Crippen molar-refractivity contribution in [2.24, 2.45) is 5.92 Å². The molecule has 0 bridgehead atoms. The number of aromatic nitrogens is 3. The van der Waals surface area contributed by atoms with E-state index in [0.29, 0.717) is 12.0 Å². The van der Waals surface area contributed by atoms with E-state index in [2.05, 4.69) is 37.8 Å². The second-order valence-corrected chi connectivity index (χ2v) is 5.04. The van der Waals surface area contributed by atoms with Crippen LogP contribution in [0.5, 0.6) is 0 Å². The van der Waals surface area contributed by atoms with Crippen molar-refractivity contribution in [1.29, 1.82) is 0 Å². The minimum absolute atomic E-state index is 0.225. The lowest BCUT2D eigenvalue weighted by Crippen LogP contribution is -2.14. The normalized spacial score (nSPS) is 13.7. The number of aliphatic hydroxyl groups is 1. The molecular formula is C12H23N3O. The number of aliphatic hydroxyl groups excluding tert-OH is 1. The maximum Gasteiger partial charge on any atom is 0.138 e. The van der Waals surface area contributed by atoms with Gasteiger partial charge in [-0.15, -0.1) is 0 Å². The summed E-state index contributed by atoms with van der Waals surface area (Å²) in [7, 11) is 0. The first-order chi connectivity index (χ1) is 7.50. The van der Waals surface area contributed by atoms with E-state index < -0.39 is 0 Å². The lowest BCUT2D eigenvalue weighted by atomic mass is 10.0. The Labute approximate surface area is 97.7 Å². The molecule has 0 amide bonds. The van der Waals surface area contributed by atoms with Crippen molar-refractivity contribution in [2.45, 2.75) is 59.1 Å². The highest BCUT2D eigenvalue weighted by Gasteiger charge is 2.11. The molecule has 0 fully saturated rings. The zero-order valence-electron chi connectivity index (χ0n) is 10.7. The van der Waals surface area contributed by atoms with Crippen LogP contribution in [0.1, 0.15) is 52.4 Å². The molecule has 1 aromatic rings. The average Bonchev–Trinajstić information content (AvgIpc) is 2.61. The van der Waals surface area contributed by atoms with Gasteiger partial charge in [0.2, 0.25) is 0 Å². The minimum Gasteiger partial charge on any atom is -0.393 e. The number of hydrogen-bond acceptors (Lipinski definition) is 3. The molecule has 0 aliphatic rings. The molecule has 1 atom stereocenters. The molecule has 0 aliphatic carbocycles. The topological polar surface area (TPSA) is 50.9 Å². The van der Waals surface area contributed by atoms with E-state index in [1.807, 2.05) is 4.68 Å². The lowest BCUT2D eigenvalue weighted by Gasteiger charge is -2.13. The molecule has 0 radical (unpaired) electrons. The van der Waals surface area contributed by atoms with Gasteiger partial charge in [0, 0.05) is 12.5 Å². The van der Waals surface area contributed by atoms with Crippen molar-refractivity contribution in [1.82, 2.24) is 14.8 Å². The summed E-state index contributed by atoms with van der Waals surface area (Å²) in [6.07, 6.45) is 3.78. The summed E-state index contributed by atoms with van der Waals surface area (Å²) in [6, 6.07) is 0.333. The summed E-state index contributed by atoms with van der Waals surface area (Å²) in [5, 5.41) is 14.0. The molecule has 1 aromatic heterocycles. The SMILES string of the molecule is CC(C)CC(O)CCc1ncnn1C(C)C. The van der Waals surface area contributed by atoms with Gasteiger partial charge in [0.15, 0.2) is 0 Å². The first kappa shape index (κ1) is 13.2.